The van der Waals surface area contributed by atoms with Gasteiger partial charge in [0.25, 0.3) is 0 Å². The molecule has 6 nitrogen and oxygen atoms in total. The monoisotopic (exact) mass is 297 g/mol. The van der Waals surface area contributed by atoms with E-state index in [2.05, 4.69) is 9.98 Å². The van der Waals surface area contributed by atoms with Crippen LogP contribution in [-0.4, -0.2) is 26.0 Å². The molecule has 0 atom stereocenters. The Morgan fingerprint density at radius 3 is 2.73 bits per heavy atom. The van der Waals surface area contributed by atoms with Gasteiger partial charge in [-0.15, -0.1) is 0 Å². The number of aryl methyl sites for hydroxylation is 1. The highest BCUT2D eigenvalue weighted by Crippen LogP contribution is 2.30. The quantitative estimate of drug-likeness (QED) is 0.649. The molecule has 0 aliphatic carbocycles. The average Bonchev–Trinajstić information content (AvgIpc) is 2.80. The predicted octanol–water partition coefficient (Wildman–Crippen LogP) is 2.51. The molecular formula is C16H15N3O3. The third kappa shape index (κ3) is 2.35. The summed E-state index contributed by atoms with van der Waals surface area (Å²) in [6, 6.07) is 9.88. The van der Waals surface area contributed by atoms with E-state index >= 15 is 0 Å². The number of aliphatic imine (C=N–C) groups is 1. The lowest BCUT2D eigenvalue weighted by Crippen LogP contribution is -2.14. The van der Waals surface area contributed by atoms with Gasteiger partial charge in [-0.1, -0.05) is 12.1 Å². The molecule has 3 rings (SSSR count). The van der Waals surface area contributed by atoms with E-state index in [1.165, 1.54) is 16.8 Å². The van der Waals surface area contributed by atoms with Crippen molar-refractivity contribution < 1.29 is 10.2 Å². The lowest BCUT2D eigenvalue weighted by Gasteiger charge is -2.02. The number of nitrogens with zero attached hydrogens (tertiary/aromatic N) is 2. The first kappa shape index (κ1) is 13.9. The lowest BCUT2D eigenvalue weighted by molar-refractivity contribution is 0.474. The molecule has 6 heteroatoms. The molecule has 0 saturated heterocycles. The van der Waals surface area contributed by atoms with E-state index in [4.69, 9.17) is 0 Å². The van der Waals surface area contributed by atoms with Crippen molar-refractivity contribution >= 4 is 22.9 Å². The van der Waals surface area contributed by atoms with Crippen molar-refractivity contribution in [3.05, 3.63) is 52.4 Å². The number of aromatic hydroxyl groups is 2. The maximum absolute atomic E-state index is 11.8. The van der Waals surface area contributed by atoms with Crippen LogP contribution in [-0.2, 0) is 6.54 Å². The summed E-state index contributed by atoms with van der Waals surface area (Å²) in [5.41, 5.74) is 1.88. The minimum Gasteiger partial charge on any atom is -0.507 e. The fourth-order valence-corrected chi connectivity index (χ4v) is 2.33. The molecule has 3 N–H and O–H groups in total. The summed E-state index contributed by atoms with van der Waals surface area (Å²) in [7, 11) is 0. The summed E-state index contributed by atoms with van der Waals surface area (Å²) in [5.74, 6) is 0.0812. The first-order chi connectivity index (χ1) is 10.6. The van der Waals surface area contributed by atoms with E-state index in [0.29, 0.717) is 28.8 Å². The van der Waals surface area contributed by atoms with Gasteiger partial charge in [0.05, 0.1) is 11.0 Å². The van der Waals surface area contributed by atoms with Crippen molar-refractivity contribution in [1.82, 2.24) is 9.55 Å². The van der Waals surface area contributed by atoms with Crippen LogP contribution < -0.4 is 5.69 Å². The molecule has 0 fully saturated rings. The van der Waals surface area contributed by atoms with Crippen LogP contribution >= 0.6 is 0 Å². The van der Waals surface area contributed by atoms with Crippen LogP contribution in [0.15, 0.2) is 46.2 Å². The molecule has 0 bridgehead atoms. The second kappa shape index (κ2) is 5.40. The summed E-state index contributed by atoms with van der Waals surface area (Å²) >= 11 is 0. The molecule has 0 amide bonds. The normalized spacial score (nSPS) is 11.5. The summed E-state index contributed by atoms with van der Waals surface area (Å²) in [6.45, 7) is 2.37. The molecule has 3 aromatic rings. The molecule has 0 aliphatic rings. The zero-order valence-corrected chi connectivity index (χ0v) is 11.9. The van der Waals surface area contributed by atoms with E-state index in [1.807, 2.05) is 6.92 Å². The zero-order chi connectivity index (χ0) is 15.7. The number of hydrogen-bond acceptors (Lipinski definition) is 4. The number of rotatable bonds is 3. The fourth-order valence-electron chi connectivity index (χ4n) is 2.33. The minimum atomic E-state index is -0.223. The van der Waals surface area contributed by atoms with E-state index in [9.17, 15) is 15.0 Å². The molecule has 112 valence electrons. The third-order valence-electron chi connectivity index (χ3n) is 3.47. The fraction of sp³-hybridized carbons (Fsp3) is 0.125. The van der Waals surface area contributed by atoms with Crippen LogP contribution in [0.4, 0.5) is 5.69 Å². The number of hydrogen-bond donors (Lipinski definition) is 3. The number of nitrogens with one attached hydrogen (secondary N) is 1. The number of para-hydroxylation sites is 1. The Kier molecular flexibility index (Phi) is 3.42. The van der Waals surface area contributed by atoms with Gasteiger partial charge < -0.3 is 15.2 Å². The van der Waals surface area contributed by atoms with Crippen LogP contribution in [0, 0.1) is 0 Å². The van der Waals surface area contributed by atoms with E-state index in [-0.39, 0.29) is 17.2 Å². The van der Waals surface area contributed by atoms with Gasteiger partial charge in [-0.25, -0.2) is 4.79 Å². The predicted molar refractivity (Wildman–Crippen MR) is 85.3 cm³/mol. The van der Waals surface area contributed by atoms with Crippen molar-refractivity contribution in [1.29, 1.82) is 0 Å². The van der Waals surface area contributed by atoms with Gasteiger partial charge in [-0.3, -0.25) is 9.56 Å². The Morgan fingerprint density at radius 2 is 2.00 bits per heavy atom. The Balaban J connectivity index is 2.07. The van der Waals surface area contributed by atoms with Crippen LogP contribution in [0.2, 0.25) is 0 Å². The first-order valence-corrected chi connectivity index (χ1v) is 6.87. The van der Waals surface area contributed by atoms with Crippen LogP contribution in [0.25, 0.3) is 11.0 Å². The van der Waals surface area contributed by atoms with Crippen molar-refractivity contribution in [3.63, 3.8) is 0 Å². The number of aromatic nitrogens is 2. The standard InChI is InChI=1S/C16H15N3O3/c1-2-19-13-8-15(21)12(7-11(13)18-16(19)22)17-9-10-5-3-4-6-14(10)20/h3-9,20-21H,2H2,1H3,(H,18,22). The number of aromatic amines is 1. The Hall–Kier alpha value is -3.02. The number of phenols is 2. The van der Waals surface area contributed by atoms with Crippen LogP contribution in [0.1, 0.15) is 12.5 Å². The second-order valence-corrected chi connectivity index (χ2v) is 4.85. The minimum absolute atomic E-state index is 0.0274. The van der Waals surface area contributed by atoms with Gasteiger partial charge in [-0.05, 0) is 25.1 Å². The number of benzene rings is 2. The van der Waals surface area contributed by atoms with Gasteiger partial charge >= 0.3 is 5.69 Å². The molecule has 1 aromatic heterocycles. The average molecular weight is 297 g/mol. The first-order valence-electron chi connectivity index (χ1n) is 6.87. The van der Waals surface area contributed by atoms with Crippen molar-refractivity contribution in [3.8, 4) is 11.5 Å². The van der Waals surface area contributed by atoms with E-state index in [1.54, 1.807) is 30.3 Å². The van der Waals surface area contributed by atoms with Gasteiger partial charge in [-0.2, -0.15) is 0 Å². The van der Waals surface area contributed by atoms with Crippen LogP contribution in [0.3, 0.4) is 0 Å². The van der Waals surface area contributed by atoms with E-state index < -0.39 is 0 Å². The van der Waals surface area contributed by atoms with Gasteiger partial charge in [0.15, 0.2) is 0 Å². The Morgan fingerprint density at radius 1 is 1.23 bits per heavy atom. The third-order valence-corrected chi connectivity index (χ3v) is 3.47. The summed E-state index contributed by atoms with van der Waals surface area (Å²) < 4.78 is 1.53. The second-order valence-electron chi connectivity index (χ2n) is 4.85. The van der Waals surface area contributed by atoms with Gasteiger partial charge in [0.2, 0.25) is 0 Å². The molecule has 1 heterocycles. The van der Waals surface area contributed by atoms with Crippen molar-refractivity contribution in [2.75, 3.05) is 0 Å². The van der Waals surface area contributed by atoms with Crippen LogP contribution in [0.5, 0.6) is 11.5 Å². The number of imidazole rings is 1. The molecule has 2 aromatic carbocycles. The topological polar surface area (TPSA) is 90.6 Å². The maximum Gasteiger partial charge on any atom is 0.326 e. The molecule has 0 spiro atoms. The Bertz CT molecular complexity index is 922. The smallest absolute Gasteiger partial charge is 0.326 e. The van der Waals surface area contributed by atoms with Gasteiger partial charge in [0, 0.05) is 24.4 Å². The summed E-state index contributed by atoms with van der Waals surface area (Å²) in [6.07, 6.45) is 1.46. The van der Waals surface area contributed by atoms with E-state index in [0.717, 1.165) is 0 Å². The van der Waals surface area contributed by atoms with Crippen molar-refractivity contribution in [2.45, 2.75) is 13.5 Å². The number of fused-ring (bicyclic) bond motifs is 1. The summed E-state index contributed by atoms with van der Waals surface area (Å²) in [4.78, 5) is 18.7. The lowest BCUT2D eigenvalue weighted by atomic mass is 10.2. The summed E-state index contributed by atoms with van der Waals surface area (Å²) in [5, 5.41) is 19.8. The molecule has 0 saturated carbocycles. The highest BCUT2D eigenvalue weighted by Gasteiger charge is 2.09. The number of phenolic OH excluding ortho intramolecular Hbond substituents is 2. The molecule has 0 radical (unpaired) electrons. The van der Waals surface area contributed by atoms with Gasteiger partial charge in [0.1, 0.15) is 17.2 Å². The van der Waals surface area contributed by atoms with Crippen molar-refractivity contribution in [2.24, 2.45) is 4.99 Å². The SMILES string of the molecule is CCn1c(=O)[nH]c2cc(N=Cc3ccccc3O)c(O)cc21. The highest BCUT2D eigenvalue weighted by atomic mass is 16.3. The number of H-pyrrole nitrogens is 1. The largest absolute Gasteiger partial charge is 0.507 e. The molecule has 0 aliphatic heterocycles. The maximum atomic E-state index is 11.8. The highest BCUT2D eigenvalue weighted by molar-refractivity contribution is 5.88. The zero-order valence-electron chi connectivity index (χ0n) is 11.9. The molecule has 0 unspecified atom stereocenters. The molecular weight excluding hydrogens is 282 g/mol. The molecule has 22 heavy (non-hydrogen) atoms. The Labute approximate surface area is 126 Å².